The summed E-state index contributed by atoms with van der Waals surface area (Å²) >= 11 is 0. The van der Waals surface area contributed by atoms with Crippen LogP contribution in [0.3, 0.4) is 0 Å². The van der Waals surface area contributed by atoms with Crippen molar-refractivity contribution in [1.29, 1.82) is 0 Å². The molecule has 16 heavy (non-hydrogen) atoms. The van der Waals surface area contributed by atoms with Crippen molar-refractivity contribution in [3.63, 3.8) is 0 Å². The Kier molecular flexibility index (Phi) is 6.37. The molecule has 1 atom stereocenters. The van der Waals surface area contributed by atoms with Crippen LogP contribution in [0.25, 0.3) is 0 Å². The van der Waals surface area contributed by atoms with Crippen molar-refractivity contribution in [1.82, 2.24) is 10.6 Å². The number of nitrogens with one attached hydrogen (secondary N) is 2. The van der Waals surface area contributed by atoms with Gasteiger partial charge in [-0.2, -0.15) is 0 Å². The predicted octanol–water partition coefficient (Wildman–Crippen LogP) is 2.79. The van der Waals surface area contributed by atoms with Crippen molar-refractivity contribution >= 4 is 0 Å². The van der Waals surface area contributed by atoms with Crippen LogP contribution in [-0.2, 0) is 0 Å². The molecular formula is C14H30N2. The fourth-order valence-electron chi connectivity index (χ4n) is 2.53. The summed E-state index contributed by atoms with van der Waals surface area (Å²) in [6, 6.07) is 0. The first kappa shape index (κ1) is 14.0. The van der Waals surface area contributed by atoms with Crippen LogP contribution in [0.15, 0.2) is 0 Å². The van der Waals surface area contributed by atoms with Crippen molar-refractivity contribution in [2.24, 2.45) is 11.3 Å². The zero-order valence-electron chi connectivity index (χ0n) is 11.4. The van der Waals surface area contributed by atoms with Crippen LogP contribution in [0.5, 0.6) is 0 Å². The molecular weight excluding hydrogens is 196 g/mol. The third-order valence-electron chi connectivity index (χ3n) is 3.97. The minimum Gasteiger partial charge on any atom is -0.316 e. The Hall–Kier alpha value is -0.0800. The first-order valence-corrected chi connectivity index (χ1v) is 7.10. The van der Waals surface area contributed by atoms with Crippen LogP contribution in [0.4, 0.5) is 0 Å². The molecule has 1 heterocycles. The predicted molar refractivity (Wildman–Crippen MR) is 71.8 cm³/mol. The van der Waals surface area contributed by atoms with Crippen molar-refractivity contribution in [2.75, 3.05) is 26.2 Å². The van der Waals surface area contributed by atoms with E-state index in [1.54, 1.807) is 0 Å². The molecule has 1 aliphatic rings. The lowest BCUT2D eigenvalue weighted by Crippen LogP contribution is -2.36. The number of hydrogen-bond donors (Lipinski definition) is 2. The van der Waals surface area contributed by atoms with Gasteiger partial charge in [-0.1, -0.05) is 33.6 Å². The molecule has 0 saturated carbocycles. The highest BCUT2D eigenvalue weighted by Crippen LogP contribution is 2.28. The largest absolute Gasteiger partial charge is 0.316 e. The Morgan fingerprint density at radius 3 is 2.69 bits per heavy atom. The van der Waals surface area contributed by atoms with Gasteiger partial charge < -0.3 is 10.6 Å². The molecule has 2 heteroatoms. The molecule has 2 N–H and O–H groups in total. The lowest BCUT2D eigenvalue weighted by molar-refractivity contribution is 0.291. The Morgan fingerprint density at radius 1 is 1.31 bits per heavy atom. The topological polar surface area (TPSA) is 24.1 Å². The van der Waals surface area contributed by atoms with Gasteiger partial charge in [-0.3, -0.25) is 0 Å². The summed E-state index contributed by atoms with van der Waals surface area (Å²) in [4.78, 5) is 0. The van der Waals surface area contributed by atoms with E-state index in [1.165, 1.54) is 58.3 Å². The summed E-state index contributed by atoms with van der Waals surface area (Å²) in [6.07, 6.45) is 6.75. The lowest BCUT2D eigenvalue weighted by Gasteiger charge is -2.27. The van der Waals surface area contributed by atoms with E-state index in [9.17, 15) is 0 Å². The second-order valence-electron chi connectivity index (χ2n) is 5.85. The minimum atomic E-state index is 0.554. The molecule has 0 aliphatic carbocycles. The molecule has 0 aromatic heterocycles. The summed E-state index contributed by atoms with van der Waals surface area (Å²) in [7, 11) is 0. The molecule has 1 aliphatic heterocycles. The zero-order valence-corrected chi connectivity index (χ0v) is 11.4. The van der Waals surface area contributed by atoms with E-state index < -0.39 is 0 Å². The van der Waals surface area contributed by atoms with Crippen LogP contribution in [-0.4, -0.2) is 26.2 Å². The molecule has 0 aromatic carbocycles. The monoisotopic (exact) mass is 226 g/mol. The van der Waals surface area contributed by atoms with Gasteiger partial charge in [0.25, 0.3) is 0 Å². The van der Waals surface area contributed by atoms with Gasteiger partial charge >= 0.3 is 0 Å². The summed E-state index contributed by atoms with van der Waals surface area (Å²) in [6.45, 7) is 11.8. The third kappa shape index (κ3) is 4.84. The number of rotatable bonds is 8. The Bertz CT molecular complexity index is 172. The smallest absolute Gasteiger partial charge is 0.00204 e. The molecule has 1 saturated heterocycles. The maximum atomic E-state index is 3.65. The van der Waals surface area contributed by atoms with Gasteiger partial charge in [-0.25, -0.2) is 0 Å². The molecule has 0 bridgehead atoms. The molecule has 1 fully saturated rings. The standard InChI is InChI=1S/C14H30N2/c1-4-14(8-10-16-12-14)11-15-9-6-5-7-13(2)3/h13,15-16H,4-12H2,1-3H3. The van der Waals surface area contributed by atoms with Crippen LogP contribution in [0, 0.1) is 11.3 Å². The fourth-order valence-corrected chi connectivity index (χ4v) is 2.53. The highest BCUT2D eigenvalue weighted by Gasteiger charge is 2.30. The molecule has 0 spiro atoms. The molecule has 96 valence electrons. The van der Waals surface area contributed by atoms with Crippen molar-refractivity contribution in [2.45, 2.75) is 52.9 Å². The Labute approximate surface area is 102 Å². The normalized spacial score (nSPS) is 25.5. The quantitative estimate of drug-likeness (QED) is 0.622. The van der Waals surface area contributed by atoms with Gasteiger partial charge in [-0.15, -0.1) is 0 Å². The van der Waals surface area contributed by atoms with Crippen molar-refractivity contribution < 1.29 is 0 Å². The summed E-state index contributed by atoms with van der Waals surface area (Å²) in [5, 5.41) is 7.14. The first-order valence-electron chi connectivity index (χ1n) is 7.10. The van der Waals surface area contributed by atoms with E-state index in [-0.39, 0.29) is 0 Å². The van der Waals surface area contributed by atoms with E-state index in [0.717, 1.165) is 5.92 Å². The summed E-state index contributed by atoms with van der Waals surface area (Å²) in [5.74, 6) is 0.862. The van der Waals surface area contributed by atoms with Gasteiger partial charge in [0.1, 0.15) is 0 Å². The first-order chi connectivity index (χ1) is 7.68. The molecule has 2 nitrogen and oxygen atoms in total. The van der Waals surface area contributed by atoms with E-state index in [4.69, 9.17) is 0 Å². The van der Waals surface area contributed by atoms with E-state index >= 15 is 0 Å². The molecule has 0 aromatic rings. The molecule has 0 amide bonds. The minimum absolute atomic E-state index is 0.554. The van der Waals surface area contributed by atoms with Gasteiger partial charge in [0.2, 0.25) is 0 Å². The maximum absolute atomic E-state index is 3.65. The second kappa shape index (κ2) is 7.29. The van der Waals surface area contributed by atoms with Crippen LogP contribution in [0.2, 0.25) is 0 Å². The average molecular weight is 226 g/mol. The van der Waals surface area contributed by atoms with E-state index in [1.807, 2.05) is 0 Å². The highest BCUT2D eigenvalue weighted by molar-refractivity contribution is 4.88. The molecule has 1 unspecified atom stereocenters. The Morgan fingerprint density at radius 2 is 2.12 bits per heavy atom. The molecule has 0 radical (unpaired) electrons. The van der Waals surface area contributed by atoms with Gasteiger partial charge in [0, 0.05) is 13.1 Å². The van der Waals surface area contributed by atoms with Crippen LogP contribution in [0.1, 0.15) is 52.9 Å². The Balaban J connectivity index is 2.01. The van der Waals surface area contributed by atoms with Crippen molar-refractivity contribution in [3.8, 4) is 0 Å². The average Bonchev–Trinajstić information content (AvgIpc) is 2.72. The van der Waals surface area contributed by atoms with Gasteiger partial charge in [0.15, 0.2) is 0 Å². The third-order valence-corrected chi connectivity index (χ3v) is 3.97. The van der Waals surface area contributed by atoms with Gasteiger partial charge in [-0.05, 0) is 43.7 Å². The number of unbranched alkanes of at least 4 members (excludes halogenated alkanes) is 1. The highest BCUT2D eigenvalue weighted by atomic mass is 15.0. The van der Waals surface area contributed by atoms with E-state index in [2.05, 4.69) is 31.4 Å². The van der Waals surface area contributed by atoms with Crippen molar-refractivity contribution in [3.05, 3.63) is 0 Å². The van der Waals surface area contributed by atoms with Gasteiger partial charge in [0.05, 0.1) is 0 Å². The lowest BCUT2D eigenvalue weighted by atomic mass is 9.84. The SMILES string of the molecule is CCC1(CNCCCCC(C)C)CCNC1. The van der Waals surface area contributed by atoms with Crippen LogP contribution < -0.4 is 10.6 Å². The van der Waals surface area contributed by atoms with E-state index in [0.29, 0.717) is 5.41 Å². The molecule has 1 rings (SSSR count). The maximum Gasteiger partial charge on any atom is 0.00204 e. The summed E-state index contributed by atoms with van der Waals surface area (Å²) in [5.41, 5.74) is 0.554. The zero-order chi connectivity index (χ0) is 11.9. The second-order valence-corrected chi connectivity index (χ2v) is 5.85. The summed E-state index contributed by atoms with van der Waals surface area (Å²) < 4.78 is 0. The number of hydrogen-bond acceptors (Lipinski definition) is 2. The fraction of sp³-hybridized carbons (Fsp3) is 1.00. The van der Waals surface area contributed by atoms with Crippen LogP contribution >= 0.6 is 0 Å².